The van der Waals surface area contributed by atoms with E-state index in [9.17, 15) is 4.79 Å². The van der Waals surface area contributed by atoms with Gasteiger partial charge in [0.05, 0.1) is 61.0 Å². The number of morpholine rings is 1. The van der Waals surface area contributed by atoms with E-state index in [0.717, 1.165) is 35.6 Å². The van der Waals surface area contributed by atoms with E-state index in [1.165, 1.54) is 3.11 Å². The third kappa shape index (κ3) is 4.70. The molecular weight excluding hydrogens is 553 g/mol. The molecule has 1 saturated heterocycles. The Kier molecular flexibility index (Phi) is 6.61. The lowest BCUT2D eigenvalue weighted by Crippen LogP contribution is -2.45. The van der Waals surface area contributed by atoms with Crippen molar-refractivity contribution in [3.05, 3.63) is 41.4 Å². The molecule has 34 heavy (non-hydrogen) atoms. The minimum atomic E-state index is -0.398. The van der Waals surface area contributed by atoms with Crippen molar-refractivity contribution < 1.29 is 18.7 Å². The standard InChI is InChI=1S/C22H24IN7O4/c1-13-11-33-10-8-29(13)20-17-12-32-9-7-18(17)25-19(26-20)15-3-5-16(6-4-15)24-21(31)30(23)22-28-27-14(2)34-22/h3-6,13H,7-12H2,1-2H3,(H,24,31). The van der Waals surface area contributed by atoms with E-state index >= 15 is 0 Å². The van der Waals surface area contributed by atoms with Crippen molar-refractivity contribution in [3.63, 3.8) is 0 Å². The monoisotopic (exact) mass is 577 g/mol. The van der Waals surface area contributed by atoms with Crippen molar-refractivity contribution >= 4 is 46.4 Å². The molecule has 0 spiro atoms. The molecule has 5 rings (SSSR count). The number of hydrogen-bond donors (Lipinski definition) is 1. The van der Waals surface area contributed by atoms with Crippen LogP contribution in [0.2, 0.25) is 0 Å². The van der Waals surface area contributed by atoms with E-state index < -0.39 is 6.03 Å². The van der Waals surface area contributed by atoms with Crippen LogP contribution >= 0.6 is 22.9 Å². The van der Waals surface area contributed by atoms with E-state index in [-0.39, 0.29) is 12.1 Å². The van der Waals surface area contributed by atoms with Crippen LogP contribution in [0.5, 0.6) is 0 Å². The molecule has 0 radical (unpaired) electrons. The Balaban J connectivity index is 1.38. The molecule has 2 aromatic heterocycles. The molecule has 1 atom stereocenters. The topological polar surface area (TPSA) is 119 Å². The molecule has 0 saturated carbocycles. The lowest BCUT2D eigenvalue weighted by atomic mass is 10.1. The minimum absolute atomic E-state index is 0.114. The number of urea groups is 1. The summed E-state index contributed by atoms with van der Waals surface area (Å²) in [6, 6.07) is 7.38. The summed E-state index contributed by atoms with van der Waals surface area (Å²) in [6.45, 7) is 7.09. The Morgan fingerprint density at radius 3 is 2.74 bits per heavy atom. The molecule has 2 amide bonds. The number of rotatable bonds is 4. The maximum atomic E-state index is 12.5. The number of amides is 2. The Labute approximate surface area is 210 Å². The lowest BCUT2D eigenvalue weighted by molar-refractivity contribution is 0.0952. The molecule has 0 bridgehead atoms. The highest BCUT2D eigenvalue weighted by molar-refractivity contribution is 14.1. The zero-order chi connectivity index (χ0) is 23.7. The van der Waals surface area contributed by atoms with Crippen LogP contribution < -0.4 is 13.3 Å². The van der Waals surface area contributed by atoms with Crippen molar-refractivity contribution in [2.75, 3.05) is 39.7 Å². The molecule has 1 aromatic carbocycles. The number of carbonyl (C=O) groups is 1. The number of halogens is 1. The SMILES string of the molecule is Cc1nnc(N(I)C(=O)Nc2ccc(-c3nc4c(c(N5CCOCC5C)n3)COCC4)cc2)o1. The normalized spacial score (nSPS) is 17.9. The maximum absolute atomic E-state index is 12.5. The third-order valence-corrected chi connectivity index (χ3v) is 6.55. The summed E-state index contributed by atoms with van der Waals surface area (Å²) in [5, 5.41) is 10.4. The van der Waals surface area contributed by atoms with E-state index in [0.29, 0.717) is 43.8 Å². The summed E-state index contributed by atoms with van der Waals surface area (Å²) >= 11 is 1.82. The predicted molar refractivity (Wildman–Crippen MR) is 133 cm³/mol. The van der Waals surface area contributed by atoms with Gasteiger partial charge in [0.2, 0.25) is 5.89 Å². The molecule has 4 heterocycles. The van der Waals surface area contributed by atoms with Gasteiger partial charge >= 0.3 is 12.0 Å². The molecule has 0 aliphatic carbocycles. The summed E-state index contributed by atoms with van der Waals surface area (Å²) in [5.41, 5.74) is 3.58. The van der Waals surface area contributed by atoms with Gasteiger partial charge in [-0.2, -0.15) is 3.11 Å². The van der Waals surface area contributed by atoms with Crippen LogP contribution in [0.1, 0.15) is 24.1 Å². The first-order valence-corrected chi connectivity index (χ1v) is 12.0. The van der Waals surface area contributed by atoms with Gasteiger partial charge in [0, 0.05) is 36.7 Å². The molecule has 1 fully saturated rings. The Morgan fingerprint density at radius 1 is 1.18 bits per heavy atom. The first kappa shape index (κ1) is 22.9. The number of benzene rings is 1. The third-order valence-electron chi connectivity index (χ3n) is 5.70. The van der Waals surface area contributed by atoms with Gasteiger partial charge in [-0.3, -0.25) is 0 Å². The quantitative estimate of drug-likeness (QED) is 0.367. The number of ether oxygens (including phenoxy) is 2. The number of fused-ring (bicyclic) bond motifs is 1. The van der Waals surface area contributed by atoms with Crippen LogP contribution in [0.15, 0.2) is 28.7 Å². The average Bonchev–Trinajstić information content (AvgIpc) is 3.30. The maximum Gasteiger partial charge on any atom is 0.339 e. The zero-order valence-electron chi connectivity index (χ0n) is 18.8. The van der Waals surface area contributed by atoms with Crippen LogP contribution in [-0.4, -0.2) is 58.6 Å². The second-order valence-corrected chi connectivity index (χ2v) is 9.07. The van der Waals surface area contributed by atoms with Crippen LogP contribution in [0.3, 0.4) is 0 Å². The van der Waals surface area contributed by atoms with Gasteiger partial charge in [0.1, 0.15) is 5.82 Å². The van der Waals surface area contributed by atoms with Gasteiger partial charge in [-0.1, -0.05) is 5.10 Å². The fourth-order valence-electron chi connectivity index (χ4n) is 3.95. The molecular formula is C22H24IN7O4. The van der Waals surface area contributed by atoms with Gasteiger partial charge < -0.3 is 24.1 Å². The van der Waals surface area contributed by atoms with E-state index in [4.69, 9.17) is 23.9 Å². The Morgan fingerprint density at radius 2 is 2.00 bits per heavy atom. The van der Waals surface area contributed by atoms with Crippen LogP contribution in [0.4, 0.5) is 22.3 Å². The van der Waals surface area contributed by atoms with Crippen molar-refractivity contribution in [2.24, 2.45) is 0 Å². The number of nitrogens with one attached hydrogen (secondary N) is 1. The summed E-state index contributed by atoms with van der Waals surface area (Å²) < 4.78 is 17.9. The fraction of sp³-hybridized carbons (Fsp3) is 0.409. The first-order valence-electron chi connectivity index (χ1n) is 11.0. The second-order valence-electron chi connectivity index (χ2n) is 8.11. The largest absolute Gasteiger partial charge is 0.407 e. The number of hydrogen-bond acceptors (Lipinski definition) is 9. The number of carbonyl (C=O) groups excluding carboxylic acids is 1. The zero-order valence-corrected chi connectivity index (χ0v) is 21.0. The Bertz CT molecular complexity index is 1190. The van der Waals surface area contributed by atoms with Crippen molar-refractivity contribution in [2.45, 2.75) is 32.9 Å². The van der Waals surface area contributed by atoms with Gasteiger partial charge in [-0.05, 0) is 31.2 Å². The lowest BCUT2D eigenvalue weighted by Gasteiger charge is -2.36. The molecule has 2 aliphatic rings. The van der Waals surface area contributed by atoms with Crippen LogP contribution in [0, 0.1) is 6.92 Å². The van der Waals surface area contributed by atoms with Gasteiger partial charge in [-0.15, -0.1) is 5.10 Å². The minimum Gasteiger partial charge on any atom is -0.407 e. The highest BCUT2D eigenvalue weighted by Gasteiger charge is 2.27. The van der Waals surface area contributed by atoms with Crippen LogP contribution in [-0.2, 0) is 22.5 Å². The number of aromatic nitrogens is 4. The number of anilines is 3. The number of aryl methyl sites for hydroxylation is 1. The molecule has 1 N–H and O–H groups in total. The summed E-state index contributed by atoms with van der Waals surface area (Å²) in [6.07, 6.45) is 0.755. The molecule has 2 aliphatic heterocycles. The van der Waals surface area contributed by atoms with Crippen molar-refractivity contribution in [1.82, 2.24) is 20.2 Å². The van der Waals surface area contributed by atoms with E-state index in [1.54, 1.807) is 6.92 Å². The number of nitrogens with zero attached hydrogens (tertiary/aromatic N) is 6. The average molecular weight is 577 g/mol. The van der Waals surface area contributed by atoms with E-state index in [1.807, 2.05) is 47.1 Å². The van der Waals surface area contributed by atoms with E-state index in [2.05, 4.69) is 27.3 Å². The smallest absolute Gasteiger partial charge is 0.339 e. The predicted octanol–water partition coefficient (Wildman–Crippen LogP) is 3.52. The highest BCUT2D eigenvalue weighted by Crippen LogP contribution is 2.31. The van der Waals surface area contributed by atoms with Gasteiger partial charge in [0.15, 0.2) is 5.82 Å². The fourth-order valence-corrected chi connectivity index (χ4v) is 4.27. The summed E-state index contributed by atoms with van der Waals surface area (Å²) in [4.78, 5) is 24.6. The van der Waals surface area contributed by atoms with Gasteiger partial charge in [0.25, 0.3) is 0 Å². The molecule has 1 unspecified atom stereocenters. The molecule has 3 aromatic rings. The molecule has 12 heteroatoms. The summed E-state index contributed by atoms with van der Waals surface area (Å²) in [7, 11) is 0. The highest BCUT2D eigenvalue weighted by atomic mass is 127. The van der Waals surface area contributed by atoms with Crippen molar-refractivity contribution in [3.8, 4) is 11.4 Å². The molecule has 178 valence electrons. The van der Waals surface area contributed by atoms with Crippen molar-refractivity contribution in [1.29, 1.82) is 0 Å². The first-order chi connectivity index (χ1) is 16.5. The van der Waals surface area contributed by atoms with Gasteiger partial charge in [-0.25, -0.2) is 14.8 Å². The second kappa shape index (κ2) is 9.80. The van der Waals surface area contributed by atoms with Crippen LogP contribution in [0.25, 0.3) is 11.4 Å². The Hall–Kier alpha value is -2.84. The summed E-state index contributed by atoms with van der Waals surface area (Å²) in [5.74, 6) is 1.96. The molecule has 11 nitrogen and oxygen atoms in total.